The van der Waals surface area contributed by atoms with Crippen LogP contribution in [0.3, 0.4) is 0 Å². The molecule has 0 spiro atoms. The molecule has 2 nitrogen and oxygen atoms in total. The molecule has 0 radical (unpaired) electrons. The SMILES string of the molecule is c1ccc(-c2cc(-c3ccccc3)c3oc4cc5c(cc4c3c2)oc2c(-c3ccccc3)cc(-c3ccccc3)cc25)cc1. The number of fused-ring (bicyclic) bond motifs is 6. The van der Waals surface area contributed by atoms with Gasteiger partial charge in [-0.25, -0.2) is 0 Å². The lowest BCUT2D eigenvalue weighted by atomic mass is 9.95. The summed E-state index contributed by atoms with van der Waals surface area (Å²) in [5.74, 6) is 0. The van der Waals surface area contributed by atoms with Gasteiger partial charge in [0.05, 0.1) is 0 Å². The molecule has 0 atom stereocenters. The number of hydrogen-bond donors (Lipinski definition) is 0. The quantitative estimate of drug-likeness (QED) is 0.213. The zero-order chi connectivity index (χ0) is 29.0. The highest BCUT2D eigenvalue weighted by Gasteiger charge is 2.20. The lowest BCUT2D eigenvalue weighted by molar-refractivity contribution is 0.665. The molecular formula is C42H26O2. The van der Waals surface area contributed by atoms with Crippen LogP contribution in [0.4, 0.5) is 0 Å². The Morgan fingerprint density at radius 1 is 0.273 bits per heavy atom. The second kappa shape index (κ2) is 9.86. The van der Waals surface area contributed by atoms with Crippen LogP contribution in [-0.4, -0.2) is 0 Å². The lowest BCUT2D eigenvalue weighted by Crippen LogP contribution is -1.83. The van der Waals surface area contributed by atoms with Crippen LogP contribution in [-0.2, 0) is 0 Å². The first kappa shape index (κ1) is 24.7. The first-order chi connectivity index (χ1) is 21.8. The largest absolute Gasteiger partial charge is 0.455 e. The molecule has 2 heteroatoms. The average Bonchev–Trinajstić information content (AvgIpc) is 3.65. The summed E-state index contributed by atoms with van der Waals surface area (Å²) in [7, 11) is 0. The minimum Gasteiger partial charge on any atom is -0.455 e. The van der Waals surface area contributed by atoms with Gasteiger partial charge in [-0.2, -0.15) is 0 Å². The topological polar surface area (TPSA) is 26.3 Å². The third kappa shape index (κ3) is 3.96. The van der Waals surface area contributed by atoms with Crippen LogP contribution in [0, 0.1) is 0 Å². The van der Waals surface area contributed by atoms with Gasteiger partial charge in [0.25, 0.3) is 0 Å². The van der Waals surface area contributed by atoms with Crippen molar-refractivity contribution in [2.24, 2.45) is 0 Å². The summed E-state index contributed by atoms with van der Waals surface area (Å²) < 4.78 is 13.5. The third-order valence-electron chi connectivity index (χ3n) is 8.65. The first-order valence-electron chi connectivity index (χ1n) is 14.9. The molecule has 0 amide bonds. The molecule has 9 aromatic rings. The summed E-state index contributed by atoms with van der Waals surface area (Å²) in [4.78, 5) is 0. The van der Waals surface area contributed by atoms with Crippen molar-refractivity contribution < 1.29 is 8.83 Å². The van der Waals surface area contributed by atoms with Gasteiger partial charge in [-0.15, -0.1) is 0 Å². The predicted octanol–water partition coefficient (Wildman–Crippen LogP) is 12.2. The maximum atomic E-state index is 6.74. The van der Waals surface area contributed by atoms with Crippen LogP contribution in [0.25, 0.3) is 88.4 Å². The van der Waals surface area contributed by atoms with Gasteiger partial charge < -0.3 is 8.83 Å². The number of rotatable bonds is 4. The van der Waals surface area contributed by atoms with Crippen molar-refractivity contribution in [3.05, 3.63) is 158 Å². The molecule has 0 aliphatic heterocycles. The second-order valence-electron chi connectivity index (χ2n) is 11.3. The molecule has 2 heterocycles. The highest BCUT2D eigenvalue weighted by atomic mass is 16.3. The highest BCUT2D eigenvalue weighted by molar-refractivity contribution is 6.19. The summed E-state index contributed by atoms with van der Waals surface area (Å²) >= 11 is 0. The second-order valence-corrected chi connectivity index (χ2v) is 11.3. The third-order valence-corrected chi connectivity index (χ3v) is 8.65. The first-order valence-corrected chi connectivity index (χ1v) is 14.9. The van der Waals surface area contributed by atoms with E-state index >= 15 is 0 Å². The molecule has 44 heavy (non-hydrogen) atoms. The summed E-state index contributed by atoms with van der Waals surface area (Å²) in [6.07, 6.45) is 0. The van der Waals surface area contributed by atoms with E-state index in [0.717, 1.165) is 77.3 Å². The fourth-order valence-electron chi connectivity index (χ4n) is 6.51. The van der Waals surface area contributed by atoms with Gasteiger partial charge in [0.15, 0.2) is 0 Å². The minimum atomic E-state index is 0.851. The normalized spacial score (nSPS) is 11.6. The Morgan fingerprint density at radius 2 is 0.614 bits per heavy atom. The van der Waals surface area contributed by atoms with Crippen LogP contribution < -0.4 is 0 Å². The standard InChI is InChI=1S/C42H26O2/c1-5-13-27(14-6-1)31-21-33(29-17-9-3-10-18-29)41-37(23-31)35-25-40-36(26-39(35)43-41)38-24-32(28-15-7-2-8-16-28)22-34(42(38)44-40)30-19-11-4-12-20-30/h1-26H. The fraction of sp³-hybridized carbons (Fsp3) is 0. The smallest absolute Gasteiger partial charge is 0.143 e. The minimum absolute atomic E-state index is 0.851. The zero-order valence-electron chi connectivity index (χ0n) is 23.8. The predicted molar refractivity (Wildman–Crippen MR) is 183 cm³/mol. The Hall–Kier alpha value is -5.86. The van der Waals surface area contributed by atoms with Crippen LogP contribution in [0.1, 0.15) is 0 Å². The molecular weight excluding hydrogens is 536 g/mol. The van der Waals surface area contributed by atoms with Crippen LogP contribution >= 0.6 is 0 Å². The van der Waals surface area contributed by atoms with Crippen LogP contribution in [0.15, 0.2) is 167 Å². The fourth-order valence-corrected chi connectivity index (χ4v) is 6.51. The van der Waals surface area contributed by atoms with Crippen molar-refractivity contribution in [2.75, 3.05) is 0 Å². The molecule has 7 aromatic carbocycles. The number of benzene rings is 7. The van der Waals surface area contributed by atoms with Gasteiger partial charge in [0.2, 0.25) is 0 Å². The Balaban J connectivity index is 1.35. The van der Waals surface area contributed by atoms with E-state index in [1.807, 2.05) is 12.1 Å². The van der Waals surface area contributed by atoms with Crippen molar-refractivity contribution >= 4 is 43.9 Å². The average molecular weight is 563 g/mol. The van der Waals surface area contributed by atoms with Crippen LogP contribution in [0.2, 0.25) is 0 Å². The Morgan fingerprint density at radius 3 is 0.977 bits per heavy atom. The molecule has 0 aliphatic rings. The molecule has 0 saturated heterocycles. The molecule has 0 bridgehead atoms. The van der Waals surface area contributed by atoms with E-state index in [0.29, 0.717) is 0 Å². The van der Waals surface area contributed by atoms with Crippen LogP contribution in [0.5, 0.6) is 0 Å². The van der Waals surface area contributed by atoms with Crippen molar-refractivity contribution in [2.45, 2.75) is 0 Å². The molecule has 0 unspecified atom stereocenters. The molecule has 2 aromatic heterocycles. The van der Waals surface area contributed by atoms with Gasteiger partial charge in [0, 0.05) is 32.7 Å². The summed E-state index contributed by atoms with van der Waals surface area (Å²) in [5, 5.41) is 4.25. The van der Waals surface area contributed by atoms with Gasteiger partial charge in [-0.3, -0.25) is 0 Å². The van der Waals surface area contributed by atoms with Crippen molar-refractivity contribution in [1.82, 2.24) is 0 Å². The van der Waals surface area contributed by atoms with Crippen molar-refractivity contribution in [1.29, 1.82) is 0 Å². The molecule has 9 rings (SSSR count). The number of furan rings is 2. The highest BCUT2D eigenvalue weighted by Crippen LogP contribution is 2.44. The van der Waals surface area contributed by atoms with Gasteiger partial charge in [-0.05, 0) is 69.8 Å². The molecule has 0 saturated carbocycles. The maximum absolute atomic E-state index is 6.74. The van der Waals surface area contributed by atoms with E-state index in [1.165, 1.54) is 11.1 Å². The van der Waals surface area contributed by atoms with E-state index in [2.05, 4.69) is 146 Å². The van der Waals surface area contributed by atoms with Gasteiger partial charge in [-0.1, -0.05) is 121 Å². The molecule has 0 fully saturated rings. The van der Waals surface area contributed by atoms with E-state index < -0.39 is 0 Å². The van der Waals surface area contributed by atoms with Crippen molar-refractivity contribution in [3.63, 3.8) is 0 Å². The van der Waals surface area contributed by atoms with Gasteiger partial charge in [0.1, 0.15) is 22.3 Å². The summed E-state index contributed by atoms with van der Waals surface area (Å²) in [5.41, 5.74) is 12.6. The number of hydrogen-bond acceptors (Lipinski definition) is 2. The van der Waals surface area contributed by atoms with E-state index in [1.54, 1.807) is 0 Å². The van der Waals surface area contributed by atoms with E-state index in [-0.39, 0.29) is 0 Å². The van der Waals surface area contributed by atoms with E-state index in [9.17, 15) is 0 Å². The monoisotopic (exact) mass is 562 g/mol. The lowest BCUT2D eigenvalue weighted by Gasteiger charge is -2.08. The maximum Gasteiger partial charge on any atom is 0.143 e. The summed E-state index contributed by atoms with van der Waals surface area (Å²) in [6.45, 7) is 0. The molecule has 206 valence electrons. The Bertz CT molecular complexity index is 2270. The Kier molecular flexibility index (Phi) is 5.54. The Labute approximate surface area is 254 Å². The summed E-state index contributed by atoms with van der Waals surface area (Å²) in [6, 6.07) is 55.4. The van der Waals surface area contributed by atoms with Crippen molar-refractivity contribution in [3.8, 4) is 44.5 Å². The molecule has 0 aliphatic carbocycles. The molecule has 0 N–H and O–H groups in total. The van der Waals surface area contributed by atoms with E-state index in [4.69, 9.17) is 8.83 Å². The van der Waals surface area contributed by atoms with Gasteiger partial charge >= 0.3 is 0 Å². The zero-order valence-corrected chi connectivity index (χ0v) is 23.8.